The lowest BCUT2D eigenvalue weighted by Crippen LogP contribution is -2.26. The van der Waals surface area contributed by atoms with Gasteiger partial charge in [0.25, 0.3) is 0 Å². The molecule has 1 amide bonds. The molecule has 0 saturated heterocycles. The van der Waals surface area contributed by atoms with Crippen molar-refractivity contribution in [2.24, 2.45) is 0 Å². The van der Waals surface area contributed by atoms with Gasteiger partial charge in [-0.15, -0.1) is 0 Å². The lowest BCUT2D eigenvalue weighted by Gasteiger charge is -2.08. The van der Waals surface area contributed by atoms with E-state index in [0.717, 1.165) is 30.4 Å². The van der Waals surface area contributed by atoms with Crippen LogP contribution in [0.3, 0.4) is 0 Å². The van der Waals surface area contributed by atoms with Gasteiger partial charge in [0, 0.05) is 6.54 Å². The lowest BCUT2D eigenvalue weighted by atomic mass is 10.0. The number of aliphatic hydroxyl groups excluding tert-OH is 1. The molecule has 3 heteroatoms. The molecule has 0 atom stereocenters. The molecule has 0 saturated carbocycles. The van der Waals surface area contributed by atoms with Gasteiger partial charge in [-0.05, 0) is 36.0 Å². The first-order chi connectivity index (χ1) is 10.8. The molecule has 0 spiro atoms. The third kappa shape index (κ3) is 5.34. The average Bonchev–Trinajstić information content (AvgIpc) is 2.56. The molecule has 0 bridgehead atoms. The Balaban J connectivity index is 1.65. The molecule has 0 aliphatic heterocycles. The van der Waals surface area contributed by atoms with Crippen molar-refractivity contribution < 1.29 is 9.90 Å². The molecule has 2 rings (SSSR count). The van der Waals surface area contributed by atoms with Crippen molar-refractivity contribution in [2.75, 3.05) is 6.54 Å². The molecule has 0 aromatic heterocycles. The van der Waals surface area contributed by atoms with Gasteiger partial charge in [-0.1, -0.05) is 54.6 Å². The Morgan fingerprint density at radius 3 is 2.32 bits per heavy atom. The van der Waals surface area contributed by atoms with Gasteiger partial charge in [-0.3, -0.25) is 4.79 Å². The highest BCUT2D eigenvalue weighted by Crippen LogP contribution is 2.09. The first-order valence-electron chi connectivity index (χ1n) is 7.78. The number of hydrogen-bond donors (Lipinski definition) is 2. The Morgan fingerprint density at radius 1 is 0.909 bits per heavy atom. The van der Waals surface area contributed by atoms with Gasteiger partial charge in [0.2, 0.25) is 5.91 Å². The number of carbonyl (C=O) groups excluding carboxylic acids is 1. The minimum atomic E-state index is -0.0273. The normalized spacial score (nSPS) is 10.4. The van der Waals surface area contributed by atoms with Gasteiger partial charge in [0.15, 0.2) is 0 Å². The van der Waals surface area contributed by atoms with Crippen LogP contribution in [0.15, 0.2) is 54.6 Å². The number of aryl methyl sites for hydroxylation is 1. The topological polar surface area (TPSA) is 49.3 Å². The number of amides is 1. The van der Waals surface area contributed by atoms with E-state index >= 15 is 0 Å². The second-order valence-electron chi connectivity index (χ2n) is 5.40. The monoisotopic (exact) mass is 297 g/mol. The number of hydrogen-bond acceptors (Lipinski definition) is 2. The lowest BCUT2D eigenvalue weighted by molar-refractivity contribution is -0.120. The fourth-order valence-electron chi connectivity index (χ4n) is 2.45. The molecular formula is C19H23NO2. The molecular weight excluding hydrogens is 274 g/mol. The Bertz CT molecular complexity index is 581. The first-order valence-corrected chi connectivity index (χ1v) is 7.78. The summed E-state index contributed by atoms with van der Waals surface area (Å²) in [6.45, 7) is 0.674. The smallest absolute Gasteiger partial charge is 0.224 e. The van der Waals surface area contributed by atoms with Gasteiger partial charge in [-0.2, -0.15) is 0 Å². The molecule has 2 N–H and O–H groups in total. The zero-order valence-electron chi connectivity index (χ0n) is 12.8. The molecule has 0 aliphatic carbocycles. The third-order valence-electron chi connectivity index (χ3n) is 3.70. The van der Waals surface area contributed by atoms with E-state index in [2.05, 4.69) is 29.6 Å². The standard InChI is InChI=1S/C19H23NO2/c21-15-18-12-5-4-11-17(18)14-19(22)20-13-7-6-10-16-8-2-1-3-9-16/h1-5,8-9,11-12,21H,6-7,10,13-15H2,(H,20,22). The van der Waals surface area contributed by atoms with E-state index in [-0.39, 0.29) is 12.5 Å². The van der Waals surface area contributed by atoms with Gasteiger partial charge in [-0.25, -0.2) is 0 Å². The Kier molecular flexibility index (Phi) is 6.65. The highest BCUT2D eigenvalue weighted by molar-refractivity contribution is 5.78. The SMILES string of the molecule is O=C(Cc1ccccc1CO)NCCCCc1ccccc1. The zero-order chi connectivity index (χ0) is 15.6. The summed E-state index contributed by atoms with van der Waals surface area (Å²) in [7, 11) is 0. The van der Waals surface area contributed by atoms with Crippen LogP contribution < -0.4 is 5.32 Å². The number of rotatable bonds is 8. The summed E-state index contributed by atoms with van der Waals surface area (Å²) in [4.78, 5) is 11.9. The Labute approximate surface area is 132 Å². The van der Waals surface area contributed by atoms with Crippen molar-refractivity contribution in [3.8, 4) is 0 Å². The highest BCUT2D eigenvalue weighted by Gasteiger charge is 2.06. The zero-order valence-corrected chi connectivity index (χ0v) is 12.8. The summed E-state index contributed by atoms with van der Waals surface area (Å²) >= 11 is 0. The molecule has 0 aliphatic rings. The van der Waals surface area contributed by atoms with E-state index < -0.39 is 0 Å². The molecule has 22 heavy (non-hydrogen) atoms. The van der Waals surface area contributed by atoms with Crippen LogP contribution in [-0.2, 0) is 24.2 Å². The van der Waals surface area contributed by atoms with Crippen molar-refractivity contribution in [1.29, 1.82) is 0 Å². The van der Waals surface area contributed by atoms with Crippen molar-refractivity contribution in [1.82, 2.24) is 5.32 Å². The summed E-state index contributed by atoms with van der Waals surface area (Å²) in [6, 6.07) is 17.9. The molecule has 0 unspecified atom stereocenters. The maximum atomic E-state index is 11.9. The molecule has 3 nitrogen and oxygen atoms in total. The van der Waals surface area contributed by atoms with Crippen LogP contribution in [-0.4, -0.2) is 17.6 Å². The minimum Gasteiger partial charge on any atom is -0.392 e. The van der Waals surface area contributed by atoms with Crippen molar-refractivity contribution in [3.63, 3.8) is 0 Å². The fourth-order valence-corrected chi connectivity index (χ4v) is 2.45. The van der Waals surface area contributed by atoms with E-state index in [4.69, 9.17) is 0 Å². The van der Waals surface area contributed by atoms with Crippen LogP contribution in [0.5, 0.6) is 0 Å². The van der Waals surface area contributed by atoms with Crippen LogP contribution in [0.2, 0.25) is 0 Å². The number of benzene rings is 2. The van der Waals surface area contributed by atoms with E-state index in [1.54, 1.807) is 0 Å². The predicted molar refractivity (Wildman–Crippen MR) is 88.5 cm³/mol. The summed E-state index contributed by atoms with van der Waals surface area (Å²) < 4.78 is 0. The highest BCUT2D eigenvalue weighted by atomic mass is 16.3. The van der Waals surface area contributed by atoms with Gasteiger partial charge in [0.1, 0.15) is 0 Å². The summed E-state index contributed by atoms with van der Waals surface area (Å²) in [6.07, 6.45) is 3.42. The first kappa shape index (κ1) is 16.2. The van der Waals surface area contributed by atoms with Crippen molar-refractivity contribution >= 4 is 5.91 Å². The molecule has 2 aromatic carbocycles. The second-order valence-corrected chi connectivity index (χ2v) is 5.40. The molecule has 0 fully saturated rings. The predicted octanol–water partition coefficient (Wildman–Crippen LogP) is 2.86. The van der Waals surface area contributed by atoms with E-state index in [9.17, 15) is 9.90 Å². The number of nitrogens with one attached hydrogen (secondary N) is 1. The second kappa shape index (κ2) is 9.00. The summed E-state index contributed by atoms with van der Waals surface area (Å²) in [5, 5.41) is 12.2. The number of unbranched alkanes of at least 4 members (excludes halogenated alkanes) is 1. The molecule has 0 radical (unpaired) electrons. The maximum Gasteiger partial charge on any atom is 0.224 e. The van der Waals surface area contributed by atoms with Crippen LogP contribution >= 0.6 is 0 Å². The summed E-state index contributed by atoms with van der Waals surface area (Å²) in [5.41, 5.74) is 3.05. The van der Waals surface area contributed by atoms with Crippen molar-refractivity contribution in [2.45, 2.75) is 32.3 Å². The van der Waals surface area contributed by atoms with Gasteiger partial charge in [0.05, 0.1) is 13.0 Å². The van der Waals surface area contributed by atoms with E-state index in [1.807, 2.05) is 30.3 Å². The van der Waals surface area contributed by atoms with E-state index in [0.29, 0.717) is 13.0 Å². The average molecular weight is 297 g/mol. The number of carbonyl (C=O) groups is 1. The largest absolute Gasteiger partial charge is 0.392 e. The van der Waals surface area contributed by atoms with Crippen LogP contribution in [0.4, 0.5) is 0 Å². The van der Waals surface area contributed by atoms with Crippen LogP contribution in [0.1, 0.15) is 29.5 Å². The van der Waals surface area contributed by atoms with E-state index in [1.165, 1.54) is 5.56 Å². The quantitative estimate of drug-likeness (QED) is 0.736. The molecule has 0 heterocycles. The minimum absolute atomic E-state index is 0.0145. The van der Waals surface area contributed by atoms with Crippen LogP contribution in [0, 0.1) is 0 Å². The van der Waals surface area contributed by atoms with Gasteiger partial charge >= 0.3 is 0 Å². The molecule has 2 aromatic rings. The Morgan fingerprint density at radius 2 is 1.59 bits per heavy atom. The third-order valence-corrected chi connectivity index (χ3v) is 3.70. The fraction of sp³-hybridized carbons (Fsp3) is 0.316. The Hall–Kier alpha value is -2.13. The van der Waals surface area contributed by atoms with Gasteiger partial charge < -0.3 is 10.4 Å². The van der Waals surface area contributed by atoms with Crippen LogP contribution in [0.25, 0.3) is 0 Å². The van der Waals surface area contributed by atoms with Crippen molar-refractivity contribution in [3.05, 3.63) is 71.3 Å². The maximum absolute atomic E-state index is 11.9. The number of aliphatic hydroxyl groups is 1. The summed E-state index contributed by atoms with van der Waals surface area (Å²) in [5.74, 6) is 0.0145. The molecule has 116 valence electrons.